The monoisotopic (exact) mass is 481 g/mol. The Hall–Kier alpha value is -2.01. The summed E-state index contributed by atoms with van der Waals surface area (Å²) in [5.74, 6) is -0.326. The molecular weight excluding hydrogens is 454 g/mol. The molecule has 0 saturated carbocycles. The number of thiophene rings is 1. The number of fused-ring (bicyclic) bond motifs is 1. The Balaban J connectivity index is 1.80. The van der Waals surface area contributed by atoms with Crippen molar-refractivity contribution in [2.75, 3.05) is 24.3 Å². The van der Waals surface area contributed by atoms with Gasteiger partial charge in [-0.1, -0.05) is 12.8 Å². The zero-order valence-electron chi connectivity index (χ0n) is 17.6. The molecule has 2 aromatic rings. The Morgan fingerprint density at radius 1 is 1.10 bits per heavy atom. The van der Waals surface area contributed by atoms with Crippen LogP contribution in [0.5, 0.6) is 0 Å². The molecule has 31 heavy (non-hydrogen) atoms. The largest absolute Gasteiger partial charge is 0.462 e. The first-order valence-electron chi connectivity index (χ1n) is 10.3. The molecule has 7 nitrogen and oxygen atoms in total. The van der Waals surface area contributed by atoms with E-state index in [1.54, 1.807) is 30.4 Å². The number of ether oxygens (including phenoxy) is 1. The van der Waals surface area contributed by atoms with E-state index in [1.807, 2.05) is 0 Å². The van der Waals surface area contributed by atoms with E-state index in [0.717, 1.165) is 31.2 Å². The van der Waals surface area contributed by atoms with Crippen molar-refractivity contribution in [2.24, 2.45) is 0 Å². The normalized spacial score (nSPS) is 14.1. The van der Waals surface area contributed by atoms with Gasteiger partial charge in [0.25, 0.3) is 0 Å². The van der Waals surface area contributed by atoms with Gasteiger partial charge in [0.1, 0.15) is 5.00 Å². The highest BCUT2D eigenvalue weighted by Crippen LogP contribution is 2.37. The molecular formula is C21H27N3O4S3. The molecule has 0 fully saturated rings. The van der Waals surface area contributed by atoms with Crippen LogP contribution >= 0.6 is 23.6 Å². The Labute approximate surface area is 192 Å². The number of aryl methyl sites for hydroxylation is 1. The van der Waals surface area contributed by atoms with E-state index in [9.17, 15) is 13.2 Å². The molecule has 3 N–H and O–H groups in total. The van der Waals surface area contributed by atoms with Crippen LogP contribution in [-0.4, -0.2) is 33.2 Å². The number of anilines is 2. The Morgan fingerprint density at radius 3 is 2.42 bits per heavy atom. The quantitative estimate of drug-likeness (QED) is 0.418. The second-order valence-corrected chi connectivity index (χ2v) is 10.6. The van der Waals surface area contributed by atoms with Crippen molar-refractivity contribution in [2.45, 2.75) is 50.3 Å². The van der Waals surface area contributed by atoms with Crippen LogP contribution in [0.15, 0.2) is 29.2 Å². The van der Waals surface area contributed by atoms with Crippen LogP contribution in [-0.2, 0) is 27.6 Å². The number of benzene rings is 1. The van der Waals surface area contributed by atoms with Gasteiger partial charge in [-0.2, -0.15) is 0 Å². The van der Waals surface area contributed by atoms with Gasteiger partial charge in [-0.3, -0.25) is 0 Å². The Bertz CT molecular complexity index is 1050. The maximum absolute atomic E-state index is 12.7. The zero-order chi connectivity index (χ0) is 22.4. The summed E-state index contributed by atoms with van der Waals surface area (Å²) in [6, 6.07) is 6.27. The van der Waals surface area contributed by atoms with E-state index in [4.69, 9.17) is 17.0 Å². The standard InChI is InChI=1S/C21H27N3O4S3/c1-3-28-20(25)18-16-8-6-4-5-7-9-17(16)30-19(18)24-21(29)23-14-10-12-15(13-11-14)31(26,27)22-2/h10-13,22H,3-9H2,1-2H3,(H2,23,24,29). The number of nitrogens with one attached hydrogen (secondary N) is 3. The predicted octanol–water partition coefficient (Wildman–Crippen LogP) is 4.30. The van der Waals surface area contributed by atoms with Crippen LogP contribution < -0.4 is 15.4 Å². The van der Waals surface area contributed by atoms with Crippen molar-refractivity contribution in [1.82, 2.24) is 4.72 Å². The van der Waals surface area contributed by atoms with Crippen LogP contribution in [0.1, 0.15) is 53.4 Å². The van der Waals surface area contributed by atoms with E-state index >= 15 is 0 Å². The average Bonchev–Trinajstić information content (AvgIpc) is 3.04. The van der Waals surface area contributed by atoms with Gasteiger partial charge in [0, 0.05) is 10.6 Å². The van der Waals surface area contributed by atoms with Crippen molar-refractivity contribution < 1.29 is 17.9 Å². The lowest BCUT2D eigenvalue weighted by Gasteiger charge is -2.13. The Kier molecular flexibility index (Phi) is 8.04. The molecule has 10 heteroatoms. The third-order valence-corrected chi connectivity index (χ3v) is 7.91. The SMILES string of the molecule is CCOC(=O)c1c(NC(=S)Nc2ccc(S(=O)(=O)NC)cc2)sc2c1CCCCCC2. The topological polar surface area (TPSA) is 96.5 Å². The van der Waals surface area contributed by atoms with Crippen LogP contribution in [0.3, 0.4) is 0 Å². The first kappa shape index (κ1) is 23.6. The lowest BCUT2D eigenvalue weighted by Crippen LogP contribution is -2.21. The van der Waals surface area contributed by atoms with Crippen molar-refractivity contribution in [3.8, 4) is 0 Å². The van der Waals surface area contributed by atoms with Gasteiger partial charge in [0.15, 0.2) is 5.11 Å². The molecule has 0 spiro atoms. The molecule has 1 heterocycles. The van der Waals surface area contributed by atoms with Gasteiger partial charge in [-0.15, -0.1) is 11.3 Å². The predicted molar refractivity (Wildman–Crippen MR) is 129 cm³/mol. The first-order valence-corrected chi connectivity index (χ1v) is 13.0. The highest BCUT2D eigenvalue weighted by molar-refractivity contribution is 7.89. The number of hydrogen-bond donors (Lipinski definition) is 3. The molecule has 168 valence electrons. The number of hydrogen-bond acceptors (Lipinski definition) is 6. The molecule has 0 aliphatic heterocycles. The van der Waals surface area contributed by atoms with E-state index in [1.165, 1.54) is 36.9 Å². The first-order chi connectivity index (χ1) is 14.9. The van der Waals surface area contributed by atoms with Crippen LogP contribution in [0.25, 0.3) is 0 Å². The fraction of sp³-hybridized carbons (Fsp3) is 0.429. The fourth-order valence-corrected chi connectivity index (χ4v) is 5.82. The molecule has 0 radical (unpaired) electrons. The molecule has 0 unspecified atom stereocenters. The van der Waals surface area contributed by atoms with Gasteiger partial charge < -0.3 is 15.4 Å². The number of thiocarbonyl (C=S) groups is 1. The van der Waals surface area contributed by atoms with Gasteiger partial charge in [0.2, 0.25) is 10.0 Å². The van der Waals surface area contributed by atoms with E-state index in [0.29, 0.717) is 28.0 Å². The number of carbonyl (C=O) groups excluding carboxylic acids is 1. The minimum atomic E-state index is -3.50. The maximum Gasteiger partial charge on any atom is 0.341 e. The Morgan fingerprint density at radius 2 is 1.77 bits per heavy atom. The fourth-order valence-electron chi connectivity index (χ4n) is 3.53. The summed E-state index contributed by atoms with van der Waals surface area (Å²) < 4.78 is 31.3. The van der Waals surface area contributed by atoms with E-state index < -0.39 is 10.0 Å². The number of sulfonamides is 1. The minimum Gasteiger partial charge on any atom is -0.462 e. The van der Waals surface area contributed by atoms with Crippen molar-refractivity contribution in [1.29, 1.82) is 0 Å². The highest BCUT2D eigenvalue weighted by atomic mass is 32.2. The molecule has 0 saturated heterocycles. The number of esters is 1. The third-order valence-electron chi connectivity index (χ3n) is 5.07. The molecule has 1 aromatic carbocycles. The van der Waals surface area contributed by atoms with Crippen molar-refractivity contribution in [3.05, 3.63) is 40.3 Å². The maximum atomic E-state index is 12.7. The summed E-state index contributed by atoms with van der Waals surface area (Å²) in [6.07, 6.45) is 6.35. The smallest absolute Gasteiger partial charge is 0.341 e. The summed E-state index contributed by atoms with van der Waals surface area (Å²) >= 11 is 7.01. The van der Waals surface area contributed by atoms with Crippen LogP contribution in [0, 0.1) is 0 Å². The summed E-state index contributed by atoms with van der Waals surface area (Å²) in [5, 5.41) is 7.22. The average molecular weight is 482 g/mol. The van der Waals surface area contributed by atoms with E-state index in [-0.39, 0.29) is 10.9 Å². The summed E-state index contributed by atoms with van der Waals surface area (Å²) in [6.45, 7) is 2.11. The third kappa shape index (κ3) is 5.82. The van der Waals surface area contributed by atoms with Gasteiger partial charge in [0.05, 0.1) is 17.1 Å². The molecule has 3 rings (SSSR count). The van der Waals surface area contributed by atoms with Gasteiger partial charge >= 0.3 is 5.97 Å². The molecule has 1 aromatic heterocycles. The lowest BCUT2D eigenvalue weighted by atomic mass is 9.96. The van der Waals surface area contributed by atoms with Gasteiger partial charge in [-0.05, 0) is 81.7 Å². The lowest BCUT2D eigenvalue weighted by molar-refractivity contribution is 0.0526. The minimum absolute atomic E-state index is 0.169. The summed E-state index contributed by atoms with van der Waals surface area (Å²) in [4.78, 5) is 14.1. The zero-order valence-corrected chi connectivity index (χ0v) is 20.1. The van der Waals surface area contributed by atoms with E-state index in [2.05, 4.69) is 15.4 Å². The van der Waals surface area contributed by atoms with Crippen LogP contribution in [0.4, 0.5) is 10.7 Å². The van der Waals surface area contributed by atoms with Crippen molar-refractivity contribution >= 4 is 55.3 Å². The van der Waals surface area contributed by atoms with Crippen molar-refractivity contribution in [3.63, 3.8) is 0 Å². The van der Waals surface area contributed by atoms with Crippen LogP contribution in [0.2, 0.25) is 0 Å². The molecule has 0 amide bonds. The number of rotatable bonds is 6. The summed E-state index contributed by atoms with van der Waals surface area (Å²) in [5.41, 5.74) is 2.30. The van der Waals surface area contributed by atoms with Gasteiger partial charge in [-0.25, -0.2) is 17.9 Å². The summed E-state index contributed by atoms with van der Waals surface area (Å²) in [7, 11) is -2.13. The molecule has 1 aliphatic carbocycles. The molecule has 0 atom stereocenters. The number of carbonyl (C=O) groups is 1. The molecule has 0 bridgehead atoms. The molecule has 1 aliphatic rings. The second kappa shape index (κ2) is 10.5. The second-order valence-electron chi connectivity index (χ2n) is 7.15. The highest BCUT2D eigenvalue weighted by Gasteiger charge is 2.25.